The molecule has 2 aromatic carbocycles. The second kappa shape index (κ2) is 8.78. The van der Waals surface area contributed by atoms with Crippen LogP contribution in [0.1, 0.15) is 30.5 Å². The van der Waals surface area contributed by atoms with Crippen LogP contribution in [-0.4, -0.2) is 34.8 Å². The number of nitrogens with zero attached hydrogens (tertiary/aromatic N) is 2. The summed E-state index contributed by atoms with van der Waals surface area (Å²) in [6, 6.07) is 12.0. The van der Waals surface area contributed by atoms with Crippen molar-refractivity contribution < 1.29 is 14.0 Å². The van der Waals surface area contributed by atoms with Gasteiger partial charge in [-0.05, 0) is 62.1 Å². The van der Waals surface area contributed by atoms with E-state index in [1.54, 1.807) is 6.07 Å². The largest absolute Gasteiger partial charge is 0.385 e. The van der Waals surface area contributed by atoms with Crippen LogP contribution in [0.3, 0.4) is 0 Å². The molecule has 1 aliphatic rings. The Morgan fingerprint density at radius 3 is 2.71 bits per heavy atom. The van der Waals surface area contributed by atoms with E-state index in [2.05, 4.69) is 10.1 Å². The second-order valence-electron chi connectivity index (χ2n) is 7.26. The third kappa shape index (κ3) is 4.49. The molecule has 1 aromatic heterocycles. The van der Waals surface area contributed by atoms with Gasteiger partial charge in [0.05, 0.1) is 11.3 Å². The number of rotatable bonds is 5. The van der Waals surface area contributed by atoms with Crippen molar-refractivity contribution >= 4 is 35.0 Å². The third-order valence-electron chi connectivity index (χ3n) is 5.44. The van der Waals surface area contributed by atoms with Gasteiger partial charge in [-0.25, -0.2) is 4.39 Å². The van der Waals surface area contributed by atoms with E-state index >= 15 is 0 Å². The quantitative estimate of drug-likeness (QED) is 0.628. The fraction of sp³-hybridized carbons (Fsp3) is 0.381. The maximum absolute atomic E-state index is 13.2. The van der Waals surface area contributed by atoms with Crippen LogP contribution in [0, 0.1) is 5.82 Å². The molecule has 4 nitrogen and oxygen atoms in total. The standard InChI is InChI=1S/C21H22ClFN2O2.ClH/c22-16-4-1-3-15(13-16)21(26)8-11-25(12-9-21)10-2-5-19-18-7-6-17(23)14-20(18)27-24-19;/h1,3-4,6-7,13-14,26H,2,5,8-12H2;1H. The number of likely N-dealkylation sites (tertiary alicyclic amines) is 1. The number of fused-ring (bicyclic) bond motifs is 1. The summed E-state index contributed by atoms with van der Waals surface area (Å²) in [4.78, 5) is 2.36. The Kier molecular flexibility index (Phi) is 6.61. The number of hydrogen-bond donors (Lipinski definition) is 1. The Balaban J connectivity index is 0.00000225. The Hall–Kier alpha value is -1.66. The topological polar surface area (TPSA) is 49.5 Å². The van der Waals surface area contributed by atoms with Crippen molar-refractivity contribution in [3.8, 4) is 0 Å². The summed E-state index contributed by atoms with van der Waals surface area (Å²) in [7, 11) is 0. The van der Waals surface area contributed by atoms with Gasteiger partial charge >= 0.3 is 0 Å². The molecular formula is C21H23Cl2FN2O2. The lowest BCUT2D eigenvalue weighted by Gasteiger charge is -2.38. The molecule has 7 heteroatoms. The SMILES string of the molecule is Cl.OC1(c2cccc(Cl)c2)CCN(CCCc2noc3cc(F)ccc23)CC1. The van der Waals surface area contributed by atoms with Gasteiger partial charge in [0.2, 0.25) is 0 Å². The molecule has 0 aliphatic carbocycles. The number of hydrogen-bond acceptors (Lipinski definition) is 4. The molecule has 0 saturated carbocycles. The van der Waals surface area contributed by atoms with Crippen molar-refractivity contribution in [2.75, 3.05) is 19.6 Å². The average molecular weight is 425 g/mol. The minimum atomic E-state index is -0.798. The Morgan fingerprint density at radius 2 is 1.96 bits per heavy atom. The smallest absolute Gasteiger partial charge is 0.170 e. The molecule has 150 valence electrons. The molecule has 28 heavy (non-hydrogen) atoms. The average Bonchev–Trinajstić information content (AvgIpc) is 3.05. The summed E-state index contributed by atoms with van der Waals surface area (Å²) in [6.07, 6.45) is 3.11. The van der Waals surface area contributed by atoms with Crippen LogP contribution in [0.25, 0.3) is 11.0 Å². The number of piperidine rings is 1. The van der Waals surface area contributed by atoms with Crippen molar-refractivity contribution in [3.05, 3.63) is 64.6 Å². The number of aliphatic hydroxyl groups is 1. The number of halogens is 3. The zero-order chi connectivity index (χ0) is 18.9. The van der Waals surface area contributed by atoms with Crippen LogP contribution >= 0.6 is 24.0 Å². The van der Waals surface area contributed by atoms with E-state index in [1.165, 1.54) is 12.1 Å². The highest BCUT2D eigenvalue weighted by Crippen LogP contribution is 2.34. The van der Waals surface area contributed by atoms with E-state index in [1.807, 2.05) is 24.3 Å². The molecule has 3 aromatic rings. The zero-order valence-corrected chi connectivity index (χ0v) is 17.0. The molecule has 0 bridgehead atoms. The number of aromatic nitrogens is 1. The highest BCUT2D eigenvalue weighted by atomic mass is 35.5. The fourth-order valence-electron chi connectivity index (χ4n) is 3.83. The van der Waals surface area contributed by atoms with Gasteiger partial charge in [0.1, 0.15) is 5.82 Å². The summed E-state index contributed by atoms with van der Waals surface area (Å²) in [5.41, 5.74) is 1.47. The van der Waals surface area contributed by atoms with Gasteiger partial charge in [0, 0.05) is 29.6 Å². The van der Waals surface area contributed by atoms with Gasteiger partial charge in [-0.15, -0.1) is 12.4 Å². The van der Waals surface area contributed by atoms with E-state index in [4.69, 9.17) is 16.1 Å². The predicted octanol–water partition coefficient (Wildman–Crippen LogP) is 4.96. The molecule has 0 spiro atoms. The van der Waals surface area contributed by atoms with Gasteiger partial charge in [-0.2, -0.15) is 0 Å². The van der Waals surface area contributed by atoms with E-state index in [0.717, 1.165) is 49.1 Å². The summed E-state index contributed by atoms with van der Waals surface area (Å²) >= 11 is 6.07. The van der Waals surface area contributed by atoms with Crippen LogP contribution in [0.2, 0.25) is 5.02 Å². The normalized spacial score (nSPS) is 16.8. The van der Waals surface area contributed by atoms with E-state index < -0.39 is 5.60 Å². The van der Waals surface area contributed by atoms with Gasteiger partial charge in [-0.3, -0.25) is 0 Å². The molecule has 1 fully saturated rings. The lowest BCUT2D eigenvalue weighted by Crippen LogP contribution is -2.42. The molecule has 1 aliphatic heterocycles. The lowest BCUT2D eigenvalue weighted by molar-refractivity contribution is -0.0259. The van der Waals surface area contributed by atoms with Crippen LogP contribution in [0.5, 0.6) is 0 Å². The van der Waals surface area contributed by atoms with Gasteiger partial charge in [0.25, 0.3) is 0 Å². The monoisotopic (exact) mass is 424 g/mol. The van der Waals surface area contributed by atoms with Crippen molar-refractivity contribution in [3.63, 3.8) is 0 Å². The summed E-state index contributed by atoms with van der Waals surface area (Å²) in [5, 5.41) is 16.6. The van der Waals surface area contributed by atoms with Gasteiger partial charge < -0.3 is 14.5 Å². The number of aryl methyl sites for hydroxylation is 1. The molecule has 1 N–H and O–H groups in total. The van der Waals surface area contributed by atoms with E-state index in [9.17, 15) is 9.50 Å². The van der Waals surface area contributed by atoms with Crippen LogP contribution in [0.4, 0.5) is 4.39 Å². The first-order valence-corrected chi connectivity index (χ1v) is 9.66. The lowest BCUT2D eigenvalue weighted by atomic mass is 9.84. The Morgan fingerprint density at radius 1 is 1.18 bits per heavy atom. The van der Waals surface area contributed by atoms with E-state index in [-0.39, 0.29) is 18.2 Å². The summed E-state index contributed by atoms with van der Waals surface area (Å²) in [6.45, 7) is 2.61. The summed E-state index contributed by atoms with van der Waals surface area (Å²) < 4.78 is 18.4. The maximum Gasteiger partial charge on any atom is 0.170 e. The van der Waals surface area contributed by atoms with Crippen LogP contribution < -0.4 is 0 Å². The molecule has 0 amide bonds. The molecule has 0 unspecified atom stereocenters. The summed E-state index contributed by atoms with van der Waals surface area (Å²) in [5.74, 6) is -0.314. The first-order valence-electron chi connectivity index (χ1n) is 9.28. The molecular weight excluding hydrogens is 402 g/mol. The van der Waals surface area contributed by atoms with Crippen molar-refractivity contribution in [2.24, 2.45) is 0 Å². The van der Waals surface area contributed by atoms with Crippen LogP contribution in [0.15, 0.2) is 47.0 Å². The first-order chi connectivity index (χ1) is 13.0. The van der Waals surface area contributed by atoms with Crippen molar-refractivity contribution in [2.45, 2.75) is 31.3 Å². The van der Waals surface area contributed by atoms with Gasteiger partial charge in [-0.1, -0.05) is 28.9 Å². The van der Waals surface area contributed by atoms with Crippen molar-refractivity contribution in [1.82, 2.24) is 10.1 Å². The predicted molar refractivity (Wildman–Crippen MR) is 111 cm³/mol. The van der Waals surface area contributed by atoms with Crippen LogP contribution in [-0.2, 0) is 12.0 Å². The Bertz CT molecular complexity index is 939. The van der Waals surface area contributed by atoms with Crippen molar-refractivity contribution in [1.29, 1.82) is 0 Å². The molecule has 4 rings (SSSR count). The van der Waals surface area contributed by atoms with E-state index in [0.29, 0.717) is 23.4 Å². The Labute approximate surface area is 174 Å². The molecule has 2 heterocycles. The minimum absolute atomic E-state index is 0. The maximum atomic E-state index is 13.2. The minimum Gasteiger partial charge on any atom is -0.385 e. The molecule has 1 saturated heterocycles. The molecule has 0 atom stereocenters. The highest BCUT2D eigenvalue weighted by Gasteiger charge is 2.33. The number of benzene rings is 2. The van der Waals surface area contributed by atoms with Gasteiger partial charge in [0.15, 0.2) is 5.58 Å². The highest BCUT2D eigenvalue weighted by molar-refractivity contribution is 6.30. The fourth-order valence-corrected chi connectivity index (χ4v) is 4.02. The molecule has 0 radical (unpaired) electrons. The zero-order valence-electron chi connectivity index (χ0n) is 15.4. The second-order valence-corrected chi connectivity index (χ2v) is 7.69. The third-order valence-corrected chi connectivity index (χ3v) is 5.68. The first kappa shape index (κ1) is 21.1.